The maximum atomic E-state index is 12.3. The Morgan fingerprint density at radius 1 is 1.38 bits per heavy atom. The first-order chi connectivity index (χ1) is 12.5. The summed E-state index contributed by atoms with van der Waals surface area (Å²) in [6.07, 6.45) is 2.57. The number of hydrogen-bond acceptors (Lipinski definition) is 5. The van der Waals surface area contributed by atoms with Crippen LogP contribution in [0.2, 0.25) is 0 Å². The van der Waals surface area contributed by atoms with Gasteiger partial charge in [-0.05, 0) is 30.9 Å². The number of rotatable bonds is 8. The van der Waals surface area contributed by atoms with E-state index in [1.807, 2.05) is 12.1 Å². The molecule has 2 atom stereocenters. The van der Waals surface area contributed by atoms with Crippen molar-refractivity contribution >= 4 is 5.91 Å². The van der Waals surface area contributed by atoms with Crippen molar-refractivity contribution in [2.24, 2.45) is 11.8 Å². The van der Waals surface area contributed by atoms with E-state index < -0.39 is 0 Å². The minimum absolute atomic E-state index is 0.00322. The van der Waals surface area contributed by atoms with Crippen LogP contribution in [0.3, 0.4) is 0 Å². The molecule has 2 N–H and O–H groups in total. The summed E-state index contributed by atoms with van der Waals surface area (Å²) in [6.45, 7) is 5.13. The lowest BCUT2D eigenvalue weighted by Crippen LogP contribution is -2.42. The van der Waals surface area contributed by atoms with E-state index in [2.05, 4.69) is 11.8 Å². The van der Waals surface area contributed by atoms with Crippen molar-refractivity contribution in [3.8, 4) is 11.5 Å². The number of aromatic hydroxyl groups is 1. The molecule has 6 heteroatoms. The Balaban J connectivity index is 1.93. The number of ether oxygens (including phenoxy) is 1. The molecule has 1 saturated heterocycles. The third-order valence-electron chi connectivity index (χ3n) is 5.48. The second kappa shape index (κ2) is 9.78. The molecule has 1 aliphatic rings. The van der Waals surface area contributed by atoms with Crippen LogP contribution in [0.25, 0.3) is 0 Å². The van der Waals surface area contributed by atoms with Crippen LogP contribution in [-0.4, -0.2) is 66.3 Å². The molecule has 0 aliphatic carbocycles. The Morgan fingerprint density at radius 2 is 2.15 bits per heavy atom. The summed E-state index contributed by atoms with van der Waals surface area (Å²) in [4.78, 5) is 16.3. The number of benzene rings is 1. The van der Waals surface area contributed by atoms with Crippen molar-refractivity contribution in [2.75, 3.05) is 40.4 Å². The number of methoxy groups -OCH3 is 1. The number of amides is 1. The number of carbonyl (C=O) groups excluding carboxylic acids is 1. The van der Waals surface area contributed by atoms with E-state index in [0.717, 1.165) is 31.5 Å². The number of phenolic OH excluding ortho intramolecular Hbond substituents is 1. The minimum atomic E-state index is 0.00322. The Bertz CT molecular complexity index is 593. The van der Waals surface area contributed by atoms with E-state index in [9.17, 15) is 9.90 Å². The highest BCUT2D eigenvalue weighted by Crippen LogP contribution is 2.32. The average molecular weight is 364 g/mol. The van der Waals surface area contributed by atoms with Gasteiger partial charge in [-0.25, -0.2) is 0 Å². The molecule has 6 nitrogen and oxygen atoms in total. The molecule has 0 spiro atoms. The summed E-state index contributed by atoms with van der Waals surface area (Å²) < 4.78 is 5.14. The summed E-state index contributed by atoms with van der Waals surface area (Å²) in [6, 6.07) is 5.43. The molecule has 1 aliphatic heterocycles. The van der Waals surface area contributed by atoms with Crippen LogP contribution in [0.5, 0.6) is 11.5 Å². The molecule has 0 aromatic heterocycles. The molecule has 26 heavy (non-hydrogen) atoms. The summed E-state index contributed by atoms with van der Waals surface area (Å²) in [5, 5.41) is 19.2. The number of piperidine rings is 1. The molecule has 0 radical (unpaired) electrons. The fourth-order valence-corrected chi connectivity index (χ4v) is 3.73. The van der Waals surface area contributed by atoms with Gasteiger partial charge in [0.1, 0.15) is 11.5 Å². The molecule has 146 valence electrons. The summed E-state index contributed by atoms with van der Waals surface area (Å²) in [5.74, 6) is 1.89. The fraction of sp³-hybridized carbons (Fsp3) is 0.650. The SMILES string of the molecule is CC[C@@H]1CN(Cc2ccc(OC)cc2O)CC[C@H]1CC(=O)N(C)CCO. The Morgan fingerprint density at radius 3 is 2.77 bits per heavy atom. The van der Waals surface area contributed by atoms with E-state index in [4.69, 9.17) is 9.84 Å². The molecule has 1 fully saturated rings. The van der Waals surface area contributed by atoms with E-state index >= 15 is 0 Å². The second-order valence-corrected chi connectivity index (χ2v) is 7.19. The van der Waals surface area contributed by atoms with Crippen LogP contribution in [0.1, 0.15) is 31.7 Å². The Labute approximate surface area is 156 Å². The number of aliphatic hydroxyl groups excluding tert-OH is 1. The van der Waals surface area contributed by atoms with E-state index in [1.165, 1.54) is 0 Å². The number of aliphatic hydroxyl groups is 1. The Hall–Kier alpha value is -1.79. The molecule has 2 rings (SSSR count). The van der Waals surface area contributed by atoms with Crippen LogP contribution in [0.4, 0.5) is 0 Å². The van der Waals surface area contributed by atoms with Crippen molar-refractivity contribution < 1.29 is 19.7 Å². The predicted octanol–water partition coefficient (Wildman–Crippen LogP) is 2.09. The topological polar surface area (TPSA) is 73.2 Å². The van der Waals surface area contributed by atoms with E-state index in [1.54, 1.807) is 25.1 Å². The first-order valence-corrected chi connectivity index (χ1v) is 9.41. The van der Waals surface area contributed by atoms with E-state index in [-0.39, 0.29) is 18.3 Å². The third kappa shape index (κ3) is 5.35. The van der Waals surface area contributed by atoms with Gasteiger partial charge in [0.05, 0.1) is 13.7 Å². The molecule has 0 bridgehead atoms. The molecule has 1 aromatic rings. The zero-order valence-electron chi connectivity index (χ0n) is 16.1. The van der Waals surface area contributed by atoms with Crippen molar-refractivity contribution in [2.45, 2.75) is 32.7 Å². The number of carbonyl (C=O) groups is 1. The summed E-state index contributed by atoms with van der Waals surface area (Å²) >= 11 is 0. The van der Waals surface area contributed by atoms with Crippen LogP contribution in [-0.2, 0) is 11.3 Å². The largest absolute Gasteiger partial charge is 0.507 e. The van der Waals surface area contributed by atoms with Crippen molar-refractivity contribution in [1.82, 2.24) is 9.80 Å². The van der Waals surface area contributed by atoms with Crippen LogP contribution in [0, 0.1) is 11.8 Å². The molecular weight excluding hydrogens is 332 g/mol. The van der Waals surface area contributed by atoms with Gasteiger partial charge in [-0.3, -0.25) is 9.69 Å². The lowest BCUT2D eigenvalue weighted by atomic mass is 9.81. The predicted molar refractivity (Wildman–Crippen MR) is 101 cm³/mol. The number of likely N-dealkylation sites (tertiary alicyclic amines) is 1. The minimum Gasteiger partial charge on any atom is -0.507 e. The molecule has 1 aromatic carbocycles. The molecule has 0 saturated carbocycles. The Kier molecular flexibility index (Phi) is 7.72. The maximum Gasteiger partial charge on any atom is 0.222 e. The maximum absolute atomic E-state index is 12.3. The summed E-state index contributed by atoms with van der Waals surface area (Å²) in [5.41, 5.74) is 0.901. The number of nitrogens with zero attached hydrogens (tertiary/aromatic N) is 2. The van der Waals surface area contributed by atoms with Gasteiger partial charge in [-0.1, -0.05) is 19.4 Å². The average Bonchev–Trinajstić information content (AvgIpc) is 2.64. The fourth-order valence-electron chi connectivity index (χ4n) is 3.73. The van der Waals surface area contributed by atoms with Crippen LogP contribution in [0.15, 0.2) is 18.2 Å². The van der Waals surface area contributed by atoms with Gasteiger partial charge in [-0.15, -0.1) is 0 Å². The molecule has 1 amide bonds. The van der Waals surface area contributed by atoms with Gasteiger partial charge in [0.2, 0.25) is 5.91 Å². The monoisotopic (exact) mass is 364 g/mol. The van der Waals surface area contributed by atoms with Crippen molar-refractivity contribution in [3.63, 3.8) is 0 Å². The quantitative estimate of drug-likeness (QED) is 0.739. The normalized spacial score (nSPS) is 20.8. The molecular formula is C20H32N2O4. The highest BCUT2D eigenvalue weighted by Gasteiger charge is 2.30. The van der Waals surface area contributed by atoms with Crippen molar-refractivity contribution in [3.05, 3.63) is 23.8 Å². The lowest BCUT2D eigenvalue weighted by molar-refractivity contribution is -0.132. The van der Waals surface area contributed by atoms with Gasteiger partial charge in [0.15, 0.2) is 0 Å². The van der Waals surface area contributed by atoms with Crippen molar-refractivity contribution in [1.29, 1.82) is 0 Å². The number of phenols is 1. The van der Waals surface area contributed by atoms with E-state index in [0.29, 0.717) is 37.1 Å². The van der Waals surface area contributed by atoms with Gasteiger partial charge >= 0.3 is 0 Å². The lowest BCUT2D eigenvalue weighted by Gasteiger charge is -2.38. The van der Waals surface area contributed by atoms with Crippen LogP contribution >= 0.6 is 0 Å². The van der Waals surface area contributed by atoms with Gasteiger partial charge in [0, 0.05) is 44.7 Å². The van der Waals surface area contributed by atoms with Gasteiger partial charge < -0.3 is 19.8 Å². The van der Waals surface area contributed by atoms with Gasteiger partial charge in [-0.2, -0.15) is 0 Å². The number of hydrogen-bond donors (Lipinski definition) is 2. The standard InChI is InChI=1S/C20H32N2O4/c1-4-15-13-22(14-17-5-6-18(26-3)12-19(17)24)8-7-16(15)11-20(25)21(2)9-10-23/h5-6,12,15-16,23-24H,4,7-11,13-14H2,1-3H3/t15-,16+/m1/s1. The zero-order valence-corrected chi connectivity index (χ0v) is 16.1. The number of likely N-dealkylation sites (N-methyl/N-ethyl adjacent to an activating group) is 1. The summed E-state index contributed by atoms with van der Waals surface area (Å²) in [7, 11) is 3.34. The molecule has 1 heterocycles. The van der Waals surface area contributed by atoms with Crippen LogP contribution < -0.4 is 4.74 Å². The smallest absolute Gasteiger partial charge is 0.222 e. The highest BCUT2D eigenvalue weighted by atomic mass is 16.5. The first-order valence-electron chi connectivity index (χ1n) is 9.41. The first kappa shape index (κ1) is 20.5. The highest BCUT2D eigenvalue weighted by molar-refractivity contribution is 5.76. The second-order valence-electron chi connectivity index (χ2n) is 7.19. The zero-order chi connectivity index (χ0) is 19.1. The molecule has 0 unspecified atom stereocenters. The third-order valence-corrected chi connectivity index (χ3v) is 5.48. The van der Waals surface area contributed by atoms with Gasteiger partial charge in [0.25, 0.3) is 0 Å².